The molecule has 9 heteroatoms. The predicted molar refractivity (Wildman–Crippen MR) is 126 cm³/mol. The summed E-state index contributed by atoms with van der Waals surface area (Å²) in [5.74, 6) is 3.27. The molecule has 1 saturated heterocycles. The Morgan fingerprint density at radius 3 is 2.79 bits per heavy atom. The van der Waals surface area contributed by atoms with Gasteiger partial charge in [-0.1, -0.05) is 0 Å². The fourth-order valence-corrected chi connectivity index (χ4v) is 4.27. The molecule has 1 atom stereocenters. The van der Waals surface area contributed by atoms with E-state index in [1.807, 2.05) is 24.3 Å². The smallest absolute Gasteiger partial charge is 0.231 e. The Morgan fingerprint density at radius 2 is 2.07 bits per heavy atom. The van der Waals surface area contributed by atoms with Gasteiger partial charge in [0, 0.05) is 20.1 Å². The molecule has 1 fully saturated rings. The average Bonchev–Trinajstić information content (AvgIpc) is 3.47. The maximum atomic E-state index is 5.69. The molecule has 0 spiro atoms. The number of hydrogen-bond acceptors (Lipinski definition) is 5. The molecule has 4 rings (SSSR count). The number of furan rings is 1. The second-order valence-corrected chi connectivity index (χ2v) is 7.75. The minimum Gasteiger partial charge on any atom is -0.468 e. The number of benzene rings is 1. The number of ether oxygens (including phenoxy) is 2. The predicted octanol–water partition coefficient (Wildman–Crippen LogP) is 3.89. The van der Waals surface area contributed by atoms with E-state index in [4.69, 9.17) is 13.9 Å². The fourth-order valence-electron chi connectivity index (χ4n) is 3.67. The van der Waals surface area contributed by atoms with Crippen LogP contribution < -0.4 is 20.1 Å². The van der Waals surface area contributed by atoms with E-state index in [-0.39, 0.29) is 36.8 Å². The lowest BCUT2D eigenvalue weighted by atomic mass is 10.2. The van der Waals surface area contributed by atoms with Gasteiger partial charge in [0.15, 0.2) is 17.5 Å². The highest BCUT2D eigenvalue weighted by molar-refractivity contribution is 14.0. The van der Waals surface area contributed by atoms with Crippen LogP contribution in [-0.2, 0) is 6.54 Å². The molecule has 1 aromatic heterocycles. The summed E-state index contributed by atoms with van der Waals surface area (Å²) in [5.41, 5.74) is 1.08. The number of fused-ring (bicyclic) bond motifs is 1. The number of rotatable bonds is 6. The number of guanidine groups is 1. The van der Waals surface area contributed by atoms with Crippen molar-refractivity contribution in [1.29, 1.82) is 0 Å². The van der Waals surface area contributed by atoms with Crippen molar-refractivity contribution in [3.8, 4) is 11.5 Å². The summed E-state index contributed by atoms with van der Waals surface area (Å²) in [6, 6.07) is 8.22. The van der Waals surface area contributed by atoms with Crippen molar-refractivity contribution >= 4 is 45.9 Å². The van der Waals surface area contributed by atoms with Crippen molar-refractivity contribution in [1.82, 2.24) is 15.5 Å². The van der Waals surface area contributed by atoms with Crippen molar-refractivity contribution in [2.75, 3.05) is 33.5 Å². The number of hydrogen-bond donors (Lipinski definition) is 2. The Hall–Kier alpha value is -1.46. The lowest BCUT2D eigenvalue weighted by Crippen LogP contribution is -2.42. The maximum Gasteiger partial charge on any atom is 0.231 e. The molecule has 0 aliphatic carbocycles. The molecule has 2 aliphatic heterocycles. The molecule has 0 bridgehead atoms. The molecule has 0 radical (unpaired) electrons. The minimum atomic E-state index is 0. The quantitative estimate of drug-likeness (QED) is 0.309. The molecule has 1 unspecified atom stereocenters. The Kier molecular flexibility index (Phi) is 8.07. The highest BCUT2D eigenvalue weighted by atomic mass is 127. The third kappa shape index (κ3) is 5.37. The lowest BCUT2D eigenvalue weighted by molar-refractivity contribution is 0.173. The van der Waals surface area contributed by atoms with Gasteiger partial charge in [-0.05, 0) is 71.7 Å². The Balaban J connectivity index is 0.00000240. The number of aliphatic imine (C=N–C) groups is 1. The first-order valence-corrected chi connectivity index (χ1v) is 10.3. The van der Waals surface area contributed by atoms with E-state index < -0.39 is 0 Å². The third-order valence-corrected chi connectivity index (χ3v) is 5.68. The number of nitrogens with one attached hydrogen (secondary N) is 2. The molecule has 2 N–H and O–H groups in total. The van der Waals surface area contributed by atoms with Crippen LogP contribution in [0.2, 0.25) is 0 Å². The van der Waals surface area contributed by atoms with E-state index in [1.165, 1.54) is 12.8 Å². The molecular formula is C20H26BrIN4O3. The molecule has 7 nitrogen and oxygen atoms in total. The first-order valence-electron chi connectivity index (χ1n) is 9.54. The molecule has 2 aromatic rings. The summed E-state index contributed by atoms with van der Waals surface area (Å²) in [4.78, 5) is 6.82. The van der Waals surface area contributed by atoms with Crippen molar-refractivity contribution in [2.24, 2.45) is 4.99 Å². The van der Waals surface area contributed by atoms with Crippen LogP contribution in [0.5, 0.6) is 11.5 Å². The number of halogens is 2. The van der Waals surface area contributed by atoms with Crippen molar-refractivity contribution in [2.45, 2.75) is 25.4 Å². The molecule has 29 heavy (non-hydrogen) atoms. The SMILES string of the molecule is CN=C(NCc1cc(Br)c2c(c1)OCO2)NCC(c1ccco1)N1CCCC1.I. The Morgan fingerprint density at radius 1 is 1.24 bits per heavy atom. The maximum absolute atomic E-state index is 5.69. The van der Waals surface area contributed by atoms with Crippen LogP contribution in [0.1, 0.15) is 30.2 Å². The zero-order valence-corrected chi connectivity index (χ0v) is 20.2. The van der Waals surface area contributed by atoms with Crippen LogP contribution in [0, 0.1) is 0 Å². The summed E-state index contributed by atoms with van der Waals surface area (Å²) in [5, 5.41) is 6.81. The average molecular weight is 577 g/mol. The first-order chi connectivity index (χ1) is 13.7. The van der Waals surface area contributed by atoms with Crippen LogP contribution in [0.25, 0.3) is 0 Å². The van der Waals surface area contributed by atoms with Crippen LogP contribution in [0.4, 0.5) is 0 Å². The van der Waals surface area contributed by atoms with Gasteiger partial charge in [-0.25, -0.2) is 0 Å². The van der Waals surface area contributed by atoms with Gasteiger partial charge in [0.25, 0.3) is 0 Å². The Bertz CT molecular complexity index is 825. The molecule has 2 aliphatic rings. The third-order valence-electron chi connectivity index (χ3n) is 5.09. The standard InChI is InChI=1S/C20H25BrN4O3.HI/c1-22-20(23-11-14-9-15(21)19-18(10-14)27-13-28-19)24-12-16(17-5-4-8-26-17)25-6-2-3-7-25;/h4-5,8-10,16H,2-3,6-7,11-13H2,1H3,(H2,22,23,24);1H. The van der Waals surface area contributed by atoms with E-state index in [1.54, 1.807) is 13.3 Å². The van der Waals surface area contributed by atoms with E-state index in [0.29, 0.717) is 6.54 Å². The molecular weight excluding hydrogens is 551 g/mol. The molecule has 158 valence electrons. The summed E-state index contributed by atoms with van der Waals surface area (Å²) in [6.07, 6.45) is 4.22. The number of nitrogens with zero attached hydrogens (tertiary/aromatic N) is 2. The molecule has 3 heterocycles. The normalized spacial score (nSPS) is 17.1. The summed E-state index contributed by atoms with van der Waals surface area (Å²) in [6.45, 7) is 3.83. The van der Waals surface area contributed by atoms with Gasteiger partial charge >= 0.3 is 0 Å². The van der Waals surface area contributed by atoms with Crippen LogP contribution in [0.3, 0.4) is 0 Å². The highest BCUT2D eigenvalue weighted by Gasteiger charge is 2.25. The summed E-state index contributed by atoms with van der Waals surface area (Å²) >= 11 is 3.54. The first kappa shape index (κ1) is 22.2. The summed E-state index contributed by atoms with van der Waals surface area (Å²) in [7, 11) is 1.78. The van der Waals surface area contributed by atoms with Crippen molar-refractivity contribution in [3.63, 3.8) is 0 Å². The second-order valence-electron chi connectivity index (χ2n) is 6.89. The molecule has 1 aromatic carbocycles. The minimum absolute atomic E-state index is 0. The van der Waals surface area contributed by atoms with E-state index >= 15 is 0 Å². The van der Waals surface area contributed by atoms with Gasteiger partial charge in [0.05, 0.1) is 16.8 Å². The van der Waals surface area contributed by atoms with Gasteiger partial charge in [-0.3, -0.25) is 9.89 Å². The fraction of sp³-hybridized carbons (Fsp3) is 0.450. The van der Waals surface area contributed by atoms with Crippen LogP contribution >= 0.6 is 39.9 Å². The van der Waals surface area contributed by atoms with Gasteiger partial charge in [0.2, 0.25) is 6.79 Å². The molecule has 0 amide bonds. The zero-order chi connectivity index (χ0) is 19.3. The topological polar surface area (TPSA) is 71.3 Å². The molecule has 0 saturated carbocycles. The second kappa shape index (κ2) is 10.5. The van der Waals surface area contributed by atoms with E-state index in [9.17, 15) is 0 Å². The van der Waals surface area contributed by atoms with Crippen molar-refractivity contribution < 1.29 is 13.9 Å². The monoisotopic (exact) mass is 576 g/mol. The highest BCUT2D eigenvalue weighted by Crippen LogP contribution is 2.39. The number of likely N-dealkylation sites (tertiary alicyclic amines) is 1. The Labute approximate surface area is 196 Å². The van der Waals surface area contributed by atoms with Crippen molar-refractivity contribution in [3.05, 3.63) is 46.3 Å². The van der Waals surface area contributed by atoms with Gasteiger partial charge in [-0.15, -0.1) is 24.0 Å². The zero-order valence-electron chi connectivity index (χ0n) is 16.3. The van der Waals surface area contributed by atoms with E-state index in [2.05, 4.69) is 36.5 Å². The van der Waals surface area contributed by atoms with Gasteiger partial charge in [0.1, 0.15) is 5.76 Å². The largest absolute Gasteiger partial charge is 0.468 e. The van der Waals surface area contributed by atoms with Crippen LogP contribution in [-0.4, -0.2) is 44.3 Å². The summed E-state index contributed by atoms with van der Waals surface area (Å²) < 4.78 is 17.5. The van der Waals surface area contributed by atoms with Gasteiger partial charge in [-0.2, -0.15) is 0 Å². The van der Waals surface area contributed by atoms with Crippen LogP contribution in [0.15, 0.2) is 44.4 Å². The van der Waals surface area contributed by atoms with Gasteiger partial charge < -0.3 is 24.5 Å². The van der Waals surface area contributed by atoms with E-state index in [0.717, 1.165) is 52.9 Å². The lowest BCUT2D eigenvalue weighted by Gasteiger charge is -2.26.